The minimum Gasteiger partial charge on any atom is -0.495 e. The highest BCUT2D eigenvalue weighted by Gasteiger charge is 2.30. The quantitative estimate of drug-likeness (QED) is 0.550. The number of ether oxygens (including phenoxy) is 1. The van der Waals surface area contributed by atoms with Crippen LogP contribution in [0.15, 0.2) is 77.7 Å². The summed E-state index contributed by atoms with van der Waals surface area (Å²) in [7, 11) is -2.66. The van der Waals surface area contributed by atoms with E-state index >= 15 is 0 Å². The molecule has 1 N–H and O–H groups in total. The van der Waals surface area contributed by atoms with E-state index in [-0.39, 0.29) is 23.2 Å². The maximum Gasteiger partial charge on any atom is 0.268 e. The van der Waals surface area contributed by atoms with Gasteiger partial charge in [0.1, 0.15) is 17.2 Å². The van der Waals surface area contributed by atoms with Gasteiger partial charge in [-0.15, -0.1) is 0 Å². The molecule has 6 nitrogen and oxygen atoms in total. The van der Waals surface area contributed by atoms with Gasteiger partial charge >= 0.3 is 0 Å². The lowest BCUT2D eigenvalue weighted by Gasteiger charge is -2.26. The molecular formula is C25H28N2O4S. The van der Waals surface area contributed by atoms with E-state index < -0.39 is 15.9 Å². The van der Waals surface area contributed by atoms with Crippen LogP contribution in [-0.2, 0) is 14.8 Å². The number of carbonyl (C=O) groups excluding carboxylic acids is 1. The summed E-state index contributed by atoms with van der Waals surface area (Å²) in [5.41, 5.74) is 3.10. The maximum atomic E-state index is 13.7. The van der Waals surface area contributed by atoms with E-state index in [9.17, 15) is 13.2 Å². The monoisotopic (exact) mass is 452 g/mol. The zero-order valence-electron chi connectivity index (χ0n) is 18.7. The standard InChI is InChI=1S/C25H28N2O4S/c1-18-10-13-22(14-11-18)27(17-25(28)26-20(3)21-8-6-5-7-9-21)32(29,30)24-16-19(2)12-15-23(24)31-4/h5-16,20H,17H2,1-4H3,(H,26,28)/t20-/m0/s1. The molecule has 3 aromatic carbocycles. The van der Waals surface area contributed by atoms with Gasteiger partial charge in [0.25, 0.3) is 10.0 Å². The SMILES string of the molecule is COc1ccc(C)cc1S(=O)(=O)N(CC(=O)N[C@@H](C)c1ccccc1)c1ccc(C)cc1. The maximum absolute atomic E-state index is 13.7. The molecule has 32 heavy (non-hydrogen) atoms. The molecule has 168 valence electrons. The van der Waals surface area contributed by atoms with Gasteiger partial charge in [0, 0.05) is 0 Å². The fourth-order valence-electron chi connectivity index (χ4n) is 3.37. The van der Waals surface area contributed by atoms with Crippen molar-refractivity contribution < 1.29 is 17.9 Å². The molecule has 0 aliphatic heterocycles. The van der Waals surface area contributed by atoms with Crippen LogP contribution in [0.25, 0.3) is 0 Å². The Morgan fingerprint density at radius 3 is 2.22 bits per heavy atom. The molecule has 0 saturated heterocycles. The largest absolute Gasteiger partial charge is 0.495 e. The van der Waals surface area contributed by atoms with E-state index in [4.69, 9.17) is 4.74 Å². The number of hydrogen-bond donors (Lipinski definition) is 1. The van der Waals surface area contributed by atoms with Gasteiger partial charge in [-0.3, -0.25) is 9.10 Å². The number of benzene rings is 3. The smallest absolute Gasteiger partial charge is 0.268 e. The van der Waals surface area contributed by atoms with Crippen LogP contribution in [0, 0.1) is 13.8 Å². The Morgan fingerprint density at radius 2 is 1.59 bits per heavy atom. The summed E-state index contributed by atoms with van der Waals surface area (Å²) < 4.78 is 33.8. The Labute approximate surface area is 189 Å². The lowest BCUT2D eigenvalue weighted by Crippen LogP contribution is -2.41. The van der Waals surface area contributed by atoms with Gasteiger partial charge in [0.2, 0.25) is 5.91 Å². The number of amides is 1. The first-order chi connectivity index (χ1) is 15.2. The van der Waals surface area contributed by atoms with Gasteiger partial charge in [-0.05, 0) is 56.2 Å². The zero-order valence-corrected chi connectivity index (χ0v) is 19.5. The third-order valence-electron chi connectivity index (χ3n) is 5.17. The molecule has 0 aliphatic rings. The number of sulfonamides is 1. The van der Waals surface area contributed by atoms with Crippen LogP contribution < -0.4 is 14.4 Å². The van der Waals surface area contributed by atoms with Crippen LogP contribution >= 0.6 is 0 Å². The summed E-state index contributed by atoms with van der Waals surface area (Å²) in [6, 6.07) is 21.2. The fourth-order valence-corrected chi connectivity index (χ4v) is 5.04. The van der Waals surface area contributed by atoms with E-state index in [1.54, 1.807) is 30.3 Å². The predicted molar refractivity (Wildman–Crippen MR) is 126 cm³/mol. The van der Waals surface area contributed by atoms with Crippen molar-refractivity contribution in [3.63, 3.8) is 0 Å². The number of hydrogen-bond acceptors (Lipinski definition) is 4. The van der Waals surface area contributed by atoms with Crippen LogP contribution in [0.3, 0.4) is 0 Å². The normalized spacial score (nSPS) is 12.1. The molecule has 0 heterocycles. The van der Waals surface area contributed by atoms with E-state index in [1.165, 1.54) is 7.11 Å². The Kier molecular flexibility index (Phi) is 7.20. The van der Waals surface area contributed by atoms with E-state index in [0.717, 1.165) is 21.0 Å². The van der Waals surface area contributed by atoms with Crippen molar-refractivity contribution in [1.82, 2.24) is 5.32 Å². The highest BCUT2D eigenvalue weighted by atomic mass is 32.2. The van der Waals surface area contributed by atoms with Crippen LogP contribution in [0.1, 0.15) is 29.7 Å². The van der Waals surface area contributed by atoms with Gasteiger partial charge in [-0.2, -0.15) is 0 Å². The van der Waals surface area contributed by atoms with E-state index in [1.807, 2.05) is 63.2 Å². The van der Waals surface area contributed by atoms with Crippen molar-refractivity contribution in [3.8, 4) is 5.75 Å². The van der Waals surface area contributed by atoms with Crippen LogP contribution in [0.5, 0.6) is 5.75 Å². The Bertz CT molecular complexity index is 1180. The van der Waals surface area contributed by atoms with E-state index in [0.29, 0.717) is 5.69 Å². The summed E-state index contributed by atoms with van der Waals surface area (Å²) in [5.74, 6) is -0.178. The summed E-state index contributed by atoms with van der Waals surface area (Å²) in [6.45, 7) is 5.23. The second-order valence-electron chi connectivity index (χ2n) is 7.70. The predicted octanol–water partition coefficient (Wildman–Crippen LogP) is 4.38. The van der Waals surface area contributed by atoms with Crippen LogP contribution in [-0.4, -0.2) is 28.0 Å². The average Bonchev–Trinajstić information content (AvgIpc) is 2.78. The summed E-state index contributed by atoms with van der Waals surface area (Å²) >= 11 is 0. The van der Waals surface area contributed by atoms with Gasteiger partial charge in [0.05, 0.1) is 18.8 Å². The van der Waals surface area contributed by atoms with Gasteiger partial charge in [0.15, 0.2) is 0 Å². The average molecular weight is 453 g/mol. The second-order valence-corrected chi connectivity index (χ2v) is 9.53. The minimum atomic E-state index is -4.08. The molecule has 0 fully saturated rings. The van der Waals surface area contributed by atoms with Crippen LogP contribution in [0.2, 0.25) is 0 Å². The van der Waals surface area contributed by atoms with E-state index in [2.05, 4.69) is 5.32 Å². The molecule has 0 aromatic heterocycles. The first-order valence-electron chi connectivity index (χ1n) is 10.3. The number of carbonyl (C=O) groups is 1. The highest BCUT2D eigenvalue weighted by Crippen LogP contribution is 2.31. The number of rotatable bonds is 8. The zero-order chi connectivity index (χ0) is 23.3. The van der Waals surface area contributed by atoms with Crippen molar-refractivity contribution in [3.05, 3.63) is 89.5 Å². The molecule has 1 atom stereocenters. The minimum absolute atomic E-state index is 0.0180. The summed E-state index contributed by atoms with van der Waals surface area (Å²) in [6.07, 6.45) is 0. The molecule has 3 aromatic rings. The summed E-state index contributed by atoms with van der Waals surface area (Å²) in [5, 5.41) is 2.90. The summed E-state index contributed by atoms with van der Waals surface area (Å²) in [4.78, 5) is 12.9. The Morgan fingerprint density at radius 1 is 0.969 bits per heavy atom. The molecule has 1 amide bonds. The van der Waals surface area contributed by atoms with Gasteiger partial charge in [-0.1, -0.05) is 54.1 Å². The van der Waals surface area contributed by atoms with Crippen molar-refractivity contribution in [2.45, 2.75) is 31.7 Å². The van der Waals surface area contributed by atoms with Crippen molar-refractivity contribution in [2.24, 2.45) is 0 Å². The molecule has 3 rings (SSSR count). The third kappa shape index (κ3) is 5.29. The molecular weight excluding hydrogens is 424 g/mol. The molecule has 0 bridgehead atoms. The topological polar surface area (TPSA) is 75.7 Å². The fraction of sp³-hybridized carbons (Fsp3) is 0.240. The number of methoxy groups -OCH3 is 1. The number of nitrogens with zero attached hydrogens (tertiary/aromatic N) is 1. The number of aryl methyl sites for hydroxylation is 2. The molecule has 0 saturated carbocycles. The Hall–Kier alpha value is -3.32. The molecule has 0 unspecified atom stereocenters. The van der Waals surface area contributed by atoms with Crippen molar-refractivity contribution >= 4 is 21.6 Å². The molecule has 0 aliphatic carbocycles. The van der Waals surface area contributed by atoms with Crippen LogP contribution in [0.4, 0.5) is 5.69 Å². The first kappa shape index (κ1) is 23.3. The third-order valence-corrected chi connectivity index (χ3v) is 6.97. The first-order valence-corrected chi connectivity index (χ1v) is 11.7. The Balaban J connectivity index is 1.97. The van der Waals surface area contributed by atoms with Gasteiger partial charge in [-0.25, -0.2) is 8.42 Å². The van der Waals surface area contributed by atoms with Crippen molar-refractivity contribution in [1.29, 1.82) is 0 Å². The number of anilines is 1. The number of nitrogens with one attached hydrogen (secondary N) is 1. The van der Waals surface area contributed by atoms with Gasteiger partial charge < -0.3 is 10.1 Å². The van der Waals surface area contributed by atoms with Crippen molar-refractivity contribution in [2.75, 3.05) is 18.0 Å². The molecule has 7 heteroatoms. The lowest BCUT2D eigenvalue weighted by atomic mass is 10.1. The molecule has 0 radical (unpaired) electrons. The molecule has 0 spiro atoms. The second kappa shape index (κ2) is 9.87. The lowest BCUT2D eigenvalue weighted by molar-refractivity contribution is -0.120. The highest BCUT2D eigenvalue weighted by molar-refractivity contribution is 7.93.